The van der Waals surface area contributed by atoms with E-state index in [1.54, 1.807) is 73.7 Å². The summed E-state index contributed by atoms with van der Waals surface area (Å²) >= 11 is 10.9. The molecule has 0 aliphatic rings. The van der Waals surface area contributed by atoms with E-state index in [9.17, 15) is 14.4 Å². The van der Waals surface area contributed by atoms with E-state index in [1.165, 1.54) is 18.9 Å². The normalized spacial score (nSPS) is 11.8. The van der Waals surface area contributed by atoms with Crippen molar-refractivity contribution in [3.63, 3.8) is 0 Å². The van der Waals surface area contributed by atoms with Crippen molar-refractivity contribution in [2.45, 2.75) is 17.1 Å². The van der Waals surface area contributed by atoms with Gasteiger partial charge in [0.15, 0.2) is 0 Å². The van der Waals surface area contributed by atoms with E-state index in [2.05, 4.69) is 31.9 Å². The van der Waals surface area contributed by atoms with E-state index in [0.29, 0.717) is 27.7 Å². The molecule has 0 aromatic heterocycles. The van der Waals surface area contributed by atoms with Gasteiger partial charge in [-0.2, -0.15) is 0 Å². The van der Waals surface area contributed by atoms with Crippen molar-refractivity contribution in [1.29, 1.82) is 0 Å². The summed E-state index contributed by atoms with van der Waals surface area (Å²) in [7, 11) is 1.52. The van der Waals surface area contributed by atoms with Gasteiger partial charge in [0.1, 0.15) is 11.4 Å². The molecular formula is C32H27BrClN3O4S. The Morgan fingerprint density at radius 2 is 1.60 bits per heavy atom. The smallest absolute Gasteiger partial charge is 0.272 e. The number of ether oxygens (including phenoxy) is 1. The van der Waals surface area contributed by atoms with Gasteiger partial charge >= 0.3 is 0 Å². The maximum atomic E-state index is 13.4. The highest BCUT2D eigenvalue weighted by atomic mass is 79.9. The molecule has 42 heavy (non-hydrogen) atoms. The zero-order valence-corrected chi connectivity index (χ0v) is 25.8. The fraction of sp³-hybridized carbons (Fsp3) is 0.0938. The van der Waals surface area contributed by atoms with Crippen molar-refractivity contribution in [3.05, 3.63) is 123 Å². The summed E-state index contributed by atoms with van der Waals surface area (Å²) in [5.74, 6) is -0.590. The van der Waals surface area contributed by atoms with E-state index in [1.807, 2.05) is 36.4 Å². The zero-order chi connectivity index (χ0) is 30.1. The third-order valence-electron chi connectivity index (χ3n) is 5.90. The Balaban J connectivity index is 1.46. The van der Waals surface area contributed by atoms with Gasteiger partial charge < -0.3 is 20.7 Å². The summed E-state index contributed by atoms with van der Waals surface area (Å²) in [4.78, 5) is 39.9. The average Bonchev–Trinajstić information content (AvgIpc) is 2.98. The van der Waals surface area contributed by atoms with E-state index in [-0.39, 0.29) is 11.6 Å². The van der Waals surface area contributed by atoms with Crippen LogP contribution in [0.15, 0.2) is 112 Å². The Hall–Kier alpha value is -4.05. The Bertz CT molecular complexity index is 1610. The number of rotatable bonds is 10. The van der Waals surface area contributed by atoms with Crippen LogP contribution in [0.4, 0.5) is 11.4 Å². The highest BCUT2D eigenvalue weighted by Gasteiger charge is 2.18. The largest absolute Gasteiger partial charge is 0.495 e. The first-order valence-corrected chi connectivity index (χ1v) is 14.8. The average molecular weight is 665 g/mol. The number of carbonyl (C=O) groups excluding carboxylic acids is 3. The van der Waals surface area contributed by atoms with Crippen molar-refractivity contribution in [3.8, 4) is 5.75 Å². The molecule has 0 bridgehead atoms. The van der Waals surface area contributed by atoms with Crippen LogP contribution in [-0.2, 0) is 9.59 Å². The Morgan fingerprint density at radius 3 is 2.29 bits per heavy atom. The molecule has 1 atom stereocenters. The third kappa shape index (κ3) is 8.72. The summed E-state index contributed by atoms with van der Waals surface area (Å²) in [6.07, 6.45) is 1.61. The van der Waals surface area contributed by atoms with E-state index < -0.39 is 17.1 Å². The molecule has 3 amide bonds. The number of thioether (sulfide) groups is 1. The number of halogens is 2. The number of anilines is 2. The predicted octanol–water partition coefficient (Wildman–Crippen LogP) is 7.64. The van der Waals surface area contributed by atoms with Gasteiger partial charge in [-0.15, -0.1) is 11.8 Å². The number of benzene rings is 4. The molecule has 0 saturated heterocycles. The fourth-order valence-corrected chi connectivity index (χ4v) is 5.21. The summed E-state index contributed by atoms with van der Waals surface area (Å²) in [5.41, 5.74) is 2.31. The lowest BCUT2D eigenvalue weighted by Gasteiger charge is -2.14. The molecule has 0 fully saturated rings. The van der Waals surface area contributed by atoms with E-state index >= 15 is 0 Å². The molecule has 10 heteroatoms. The van der Waals surface area contributed by atoms with Crippen molar-refractivity contribution < 1.29 is 19.1 Å². The van der Waals surface area contributed by atoms with Crippen LogP contribution in [0.1, 0.15) is 22.8 Å². The maximum Gasteiger partial charge on any atom is 0.272 e. The molecule has 0 heterocycles. The van der Waals surface area contributed by atoms with Gasteiger partial charge in [0.25, 0.3) is 11.8 Å². The first-order valence-electron chi connectivity index (χ1n) is 12.8. The van der Waals surface area contributed by atoms with Crippen LogP contribution in [0.3, 0.4) is 0 Å². The molecular weight excluding hydrogens is 638 g/mol. The quantitative estimate of drug-likeness (QED) is 0.120. The van der Waals surface area contributed by atoms with E-state index in [4.69, 9.17) is 16.3 Å². The minimum atomic E-state index is -0.494. The summed E-state index contributed by atoms with van der Waals surface area (Å²) in [6, 6.07) is 28.2. The van der Waals surface area contributed by atoms with Gasteiger partial charge in [0.05, 0.1) is 17.4 Å². The number of hydrogen-bond donors (Lipinski definition) is 3. The Morgan fingerprint density at radius 1 is 0.881 bits per heavy atom. The summed E-state index contributed by atoms with van der Waals surface area (Å²) in [6.45, 7) is 1.79. The van der Waals surface area contributed by atoms with Gasteiger partial charge in [-0.25, -0.2) is 0 Å². The standard InChI is InChI=1S/C32H27BrClN3O4S/c1-20(30(38)35-25-15-16-29(41-2)27(34)19-25)42-26-10-6-9-24(18-26)36-32(40)28(17-21-11-13-23(33)14-12-21)37-31(39)22-7-4-3-5-8-22/h3-20H,1-2H3,(H,35,38)(H,36,40)(H,37,39)/b28-17-. The highest BCUT2D eigenvalue weighted by Crippen LogP contribution is 2.29. The number of carbonyl (C=O) groups is 3. The molecule has 0 aliphatic heterocycles. The summed E-state index contributed by atoms with van der Waals surface area (Å²) in [5, 5.41) is 8.39. The Kier molecular flexibility index (Phi) is 10.8. The van der Waals surface area contributed by atoms with Crippen molar-refractivity contribution in [2.24, 2.45) is 0 Å². The second-order valence-corrected chi connectivity index (χ2v) is 11.7. The predicted molar refractivity (Wildman–Crippen MR) is 173 cm³/mol. The van der Waals surface area contributed by atoms with Crippen molar-refractivity contribution >= 4 is 74.5 Å². The van der Waals surface area contributed by atoms with Crippen molar-refractivity contribution in [1.82, 2.24) is 5.32 Å². The van der Waals surface area contributed by atoms with Crippen LogP contribution in [-0.4, -0.2) is 30.1 Å². The molecule has 4 aromatic carbocycles. The lowest BCUT2D eigenvalue weighted by molar-refractivity contribution is -0.115. The van der Waals surface area contributed by atoms with Gasteiger partial charge in [0.2, 0.25) is 5.91 Å². The van der Waals surface area contributed by atoms with E-state index in [0.717, 1.165) is 14.9 Å². The summed E-state index contributed by atoms with van der Waals surface area (Å²) < 4.78 is 6.05. The molecule has 0 saturated carbocycles. The molecule has 4 rings (SSSR count). The highest BCUT2D eigenvalue weighted by molar-refractivity contribution is 9.10. The molecule has 0 spiro atoms. The molecule has 214 valence electrons. The van der Waals surface area contributed by atoms with Crippen LogP contribution in [0.5, 0.6) is 5.75 Å². The van der Waals surface area contributed by atoms with Crippen LogP contribution in [0.2, 0.25) is 5.02 Å². The van der Waals surface area contributed by atoms with Crippen molar-refractivity contribution in [2.75, 3.05) is 17.7 Å². The van der Waals surface area contributed by atoms with Gasteiger partial charge in [-0.3, -0.25) is 14.4 Å². The number of hydrogen-bond acceptors (Lipinski definition) is 5. The van der Waals surface area contributed by atoms with Gasteiger partial charge in [0, 0.05) is 26.3 Å². The number of amides is 3. The molecule has 4 aromatic rings. The molecule has 7 nitrogen and oxygen atoms in total. The first-order chi connectivity index (χ1) is 20.2. The SMILES string of the molecule is COc1ccc(NC(=O)C(C)Sc2cccc(NC(=O)/C(=C/c3ccc(Br)cc3)NC(=O)c3ccccc3)c2)cc1Cl. The lowest BCUT2D eigenvalue weighted by atomic mass is 10.1. The molecule has 0 aliphatic carbocycles. The van der Waals surface area contributed by atoms with Gasteiger partial charge in [-0.1, -0.05) is 63.9 Å². The maximum absolute atomic E-state index is 13.4. The number of nitrogens with one attached hydrogen (secondary N) is 3. The third-order valence-corrected chi connectivity index (χ3v) is 7.82. The second kappa shape index (κ2) is 14.7. The molecule has 1 unspecified atom stereocenters. The Labute approximate surface area is 261 Å². The topological polar surface area (TPSA) is 96.5 Å². The lowest BCUT2D eigenvalue weighted by Crippen LogP contribution is -2.30. The second-order valence-electron chi connectivity index (χ2n) is 9.01. The monoisotopic (exact) mass is 663 g/mol. The molecule has 3 N–H and O–H groups in total. The first kappa shape index (κ1) is 30.9. The van der Waals surface area contributed by atoms with Crippen LogP contribution in [0.25, 0.3) is 6.08 Å². The van der Waals surface area contributed by atoms with Crippen LogP contribution < -0.4 is 20.7 Å². The van der Waals surface area contributed by atoms with Gasteiger partial charge in [-0.05, 0) is 79.2 Å². The number of methoxy groups -OCH3 is 1. The minimum absolute atomic E-state index is 0.0788. The molecule has 0 radical (unpaired) electrons. The van der Waals surface area contributed by atoms with Crippen LogP contribution in [0, 0.1) is 0 Å². The zero-order valence-electron chi connectivity index (χ0n) is 22.7. The fourth-order valence-electron chi connectivity index (χ4n) is 3.76. The van der Waals surface area contributed by atoms with Crippen LogP contribution >= 0.6 is 39.3 Å². The minimum Gasteiger partial charge on any atom is -0.495 e.